The molecule has 3 heteroatoms. The molecule has 0 fully saturated rings. The van der Waals surface area contributed by atoms with Crippen LogP contribution in [-0.2, 0) is 25.7 Å². The van der Waals surface area contributed by atoms with Crippen molar-refractivity contribution in [2.24, 2.45) is 0 Å². The summed E-state index contributed by atoms with van der Waals surface area (Å²) in [5.41, 5.74) is 7.57. The third-order valence-corrected chi connectivity index (χ3v) is 4.35. The van der Waals surface area contributed by atoms with Gasteiger partial charge in [0, 0.05) is 22.2 Å². The van der Waals surface area contributed by atoms with Gasteiger partial charge in [-0.3, -0.25) is 0 Å². The van der Waals surface area contributed by atoms with Gasteiger partial charge in [-0.05, 0) is 42.9 Å². The maximum Gasteiger partial charge on any atom is 0.140 e. The Hall–Kier alpha value is -1.77. The Balaban J connectivity index is 2.37. The van der Waals surface area contributed by atoms with Gasteiger partial charge in [0.05, 0.1) is 0 Å². The van der Waals surface area contributed by atoms with Crippen LogP contribution in [0.3, 0.4) is 0 Å². The van der Waals surface area contributed by atoms with Crippen molar-refractivity contribution < 1.29 is 0 Å². The smallest absolute Gasteiger partial charge is 0.140 e. The summed E-state index contributed by atoms with van der Waals surface area (Å²) in [6.07, 6.45) is 4.19. The highest BCUT2D eigenvalue weighted by Gasteiger charge is 2.15. The molecule has 106 valence electrons. The lowest BCUT2D eigenvalue weighted by Crippen LogP contribution is -1.87. The van der Waals surface area contributed by atoms with Crippen molar-refractivity contribution >= 4 is 22.1 Å². The average Bonchev–Trinajstić information content (AvgIpc) is 3.00. The van der Waals surface area contributed by atoms with Crippen LogP contribution in [0.25, 0.3) is 22.1 Å². The molecule has 3 aromatic rings. The second-order valence-corrected chi connectivity index (χ2v) is 5.36. The molecule has 0 aliphatic rings. The van der Waals surface area contributed by atoms with Crippen LogP contribution in [0.15, 0.2) is 6.07 Å². The molecule has 0 atom stereocenters. The summed E-state index contributed by atoms with van der Waals surface area (Å²) >= 11 is 0. The number of aryl methyl sites for hydroxylation is 4. The van der Waals surface area contributed by atoms with Crippen LogP contribution in [0.2, 0.25) is 0 Å². The van der Waals surface area contributed by atoms with Gasteiger partial charge in [0.2, 0.25) is 0 Å². The summed E-state index contributed by atoms with van der Waals surface area (Å²) < 4.78 is 0. The number of nitrogens with zero attached hydrogens (tertiary/aromatic N) is 1. The highest BCUT2D eigenvalue weighted by Crippen LogP contribution is 2.29. The lowest BCUT2D eigenvalue weighted by atomic mass is 10.0. The van der Waals surface area contributed by atoms with E-state index in [9.17, 15) is 0 Å². The number of H-pyrrole nitrogens is 2. The van der Waals surface area contributed by atoms with Crippen molar-refractivity contribution in [3.05, 3.63) is 28.6 Å². The monoisotopic (exact) mass is 269 g/mol. The Kier molecular flexibility index (Phi) is 3.28. The van der Waals surface area contributed by atoms with Gasteiger partial charge < -0.3 is 9.97 Å². The predicted octanol–water partition coefficient (Wildman–Crippen LogP) is 4.29. The molecule has 0 amide bonds. The molecule has 0 saturated heterocycles. The highest BCUT2D eigenvalue weighted by atomic mass is 14.9. The van der Waals surface area contributed by atoms with Crippen LogP contribution in [0, 0.1) is 0 Å². The van der Waals surface area contributed by atoms with Crippen LogP contribution < -0.4 is 0 Å². The number of hydrogen-bond donors (Lipinski definition) is 2. The van der Waals surface area contributed by atoms with Gasteiger partial charge in [0.15, 0.2) is 0 Å². The minimum Gasteiger partial charge on any atom is -0.343 e. The van der Waals surface area contributed by atoms with Crippen molar-refractivity contribution in [3.63, 3.8) is 0 Å². The maximum absolute atomic E-state index is 4.82. The minimum atomic E-state index is 1.03. The molecule has 0 aliphatic heterocycles. The summed E-state index contributed by atoms with van der Waals surface area (Å²) in [7, 11) is 0. The molecule has 3 nitrogen and oxygen atoms in total. The van der Waals surface area contributed by atoms with Crippen LogP contribution in [0.5, 0.6) is 0 Å². The number of fused-ring (bicyclic) bond motifs is 2. The van der Waals surface area contributed by atoms with Gasteiger partial charge in [-0.1, -0.05) is 27.7 Å². The largest absolute Gasteiger partial charge is 0.343 e. The van der Waals surface area contributed by atoms with E-state index in [1.807, 2.05) is 0 Å². The summed E-state index contributed by atoms with van der Waals surface area (Å²) in [5, 5.41) is 2.60. The molecule has 0 aromatic carbocycles. The molecule has 20 heavy (non-hydrogen) atoms. The molecule has 0 spiro atoms. The van der Waals surface area contributed by atoms with E-state index in [-0.39, 0.29) is 0 Å². The van der Waals surface area contributed by atoms with Crippen LogP contribution in [-0.4, -0.2) is 15.0 Å². The van der Waals surface area contributed by atoms with Crippen molar-refractivity contribution in [2.75, 3.05) is 0 Å². The summed E-state index contributed by atoms with van der Waals surface area (Å²) in [4.78, 5) is 11.8. The summed E-state index contributed by atoms with van der Waals surface area (Å²) in [6, 6.07) is 2.33. The third kappa shape index (κ3) is 1.76. The Morgan fingerprint density at radius 3 is 1.55 bits per heavy atom. The van der Waals surface area contributed by atoms with E-state index in [1.165, 1.54) is 33.3 Å². The second-order valence-electron chi connectivity index (χ2n) is 5.36. The standard InChI is InChI=1S/C17H23N3/c1-5-10-12-9-13-11(6-2)15(8-4)19-17(13)20-16(12)18-14(10)7-3/h9H,5-8H2,1-4H3,(H2,18,19,20). The molecule has 0 bridgehead atoms. The fourth-order valence-electron chi connectivity index (χ4n) is 3.34. The lowest BCUT2D eigenvalue weighted by molar-refractivity contribution is 1.00. The fraction of sp³-hybridized carbons (Fsp3) is 0.471. The van der Waals surface area contributed by atoms with E-state index in [2.05, 4.69) is 43.7 Å². The predicted molar refractivity (Wildman–Crippen MR) is 85.5 cm³/mol. The summed E-state index contributed by atoms with van der Waals surface area (Å²) in [6.45, 7) is 8.84. The Labute approximate surface area is 119 Å². The van der Waals surface area contributed by atoms with Gasteiger partial charge in [-0.15, -0.1) is 0 Å². The van der Waals surface area contributed by atoms with Gasteiger partial charge in [-0.25, -0.2) is 4.98 Å². The number of aromatic nitrogens is 3. The molecule has 3 rings (SSSR count). The van der Waals surface area contributed by atoms with Gasteiger partial charge >= 0.3 is 0 Å². The van der Waals surface area contributed by atoms with Crippen molar-refractivity contribution in [3.8, 4) is 0 Å². The van der Waals surface area contributed by atoms with E-state index >= 15 is 0 Å². The molecule has 3 aromatic heterocycles. The zero-order chi connectivity index (χ0) is 14.3. The van der Waals surface area contributed by atoms with Crippen LogP contribution in [0.4, 0.5) is 0 Å². The van der Waals surface area contributed by atoms with E-state index in [0.717, 1.165) is 37.0 Å². The fourth-order valence-corrected chi connectivity index (χ4v) is 3.34. The van der Waals surface area contributed by atoms with E-state index in [1.54, 1.807) is 0 Å². The Morgan fingerprint density at radius 2 is 1.20 bits per heavy atom. The Bertz CT molecular complexity index is 700. The lowest BCUT2D eigenvalue weighted by Gasteiger charge is -1.99. The second kappa shape index (κ2) is 4.97. The minimum absolute atomic E-state index is 1.03. The molecular formula is C17H23N3. The average molecular weight is 269 g/mol. The van der Waals surface area contributed by atoms with Crippen molar-refractivity contribution in [1.82, 2.24) is 15.0 Å². The first kappa shape index (κ1) is 13.2. The van der Waals surface area contributed by atoms with Gasteiger partial charge in [-0.2, -0.15) is 0 Å². The first-order valence-electron chi connectivity index (χ1n) is 7.77. The van der Waals surface area contributed by atoms with Crippen molar-refractivity contribution in [2.45, 2.75) is 53.4 Å². The SMILES string of the molecule is CCc1[nH]c2nc3[nH]c(CC)c(CC)c3cc2c1CC. The Morgan fingerprint density at radius 1 is 0.750 bits per heavy atom. The number of hydrogen-bond acceptors (Lipinski definition) is 1. The third-order valence-electron chi connectivity index (χ3n) is 4.35. The summed E-state index contributed by atoms with van der Waals surface area (Å²) in [5.74, 6) is 0. The zero-order valence-corrected chi connectivity index (χ0v) is 12.9. The number of nitrogens with one attached hydrogen (secondary N) is 2. The van der Waals surface area contributed by atoms with E-state index in [0.29, 0.717) is 0 Å². The topological polar surface area (TPSA) is 44.5 Å². The van der Waals surface area contributed by atoms with Crippen LogP contribution in [0.1, 0.15) is 50.2 Å². The maximum atomic E-state index is 4.82. The normalized spacial score (nSPS) is 11.8. The number of pyridine rings is 1. The van der Waals surface area contributed by atoms with Gasteiger partial charge in [0.1, 0.15) is 11.3 Å². The first-order valence-corrected chi connectivity index (χ1v) is 7.77. The van der Waals surface area contributed by atoms with E-state index < -0.39 is 0 Å². The van der Waals surface area contributed by atoms with Crippen LogP contribution >= 0.6 is 0 Å². The molecule has 2 N–H and O–H groups in total. The number of aromatic amines is 2. The quantitative estimate of drug-likeness (QED) is 0.729. The molecule has 3 heterocycles. The molecule has 0 radical (unpaired) electrons. The van der Waals surface area contributed by atoms with Crippen molar-refractivity contribution in [1.29, 1.82) is 0 Å². The molecule has 0 aliphatic carbocycles. The highest BCUT2D eigenvalue weighted by molar-refractivity contribution is 5.95. The zero-order valence-electron chi connectivity index (χ0n) is 12.9. The molecular weight excluding hydrogens is 246 g/mol. The first-order chi connectivity index (χ1) is 9.73. The van der Waals surface area contributed by atoms with E-state index in [4.69, 9.17) is 4.98 Å². The van der Waals surface area contributed by atoms with Gasteiger partial charge in [0.25, 0.3) is 0 Å². The molecule has 0 unspecified atom stereocenters. The molecule has 0 saturated carbocycles. The number of rotatable bonds is 4.